The number of methoxy groups -OCH3 is 1. The smallest absolute Gasteiger partial charge is 0.232 e. The Bertz CT molecular complexity index is 1040. The first-order valence-corrected chi connectivity index (χ1v) is 9.45. The van der Waals surface area contributed by atoms with Crippen LogP contribution in [0.15, 0.2) is 48.8 Å². The number of aromatic nitrogens is 3. The Labute approximate surface area is 172 Å². The first kappa shape index (κ1) is 19.1. The summed E-state index contributed by atoms with van der Waals surface area (Å²) in [6, 6.07) is 11.3. The lowest BCUT2D eigenvalue weighted by Gasteiger charge is -2.37. The number of carbonyl (C=O) groups is 1. The van der Waals surface area contributed by atoms with Gasteiger partial charge in [-0.05, 0) is 48.9 Å². The van der Waals surface area contributed by atoms with Gasteiger partial charge in [-0.2, -0.15) is 10.1 Å². The van der Waals surface area contributed by atoms with E-state index in [1.54, 1.807) is 47.1 Å². The number of phenolic OH excluding ortho intramolecular Hbond substituents is 1. The maximum atomic E-state index is 13.3. The zero-order valence-electron chi connectivity index (χ0n) is 15.8. The average molecular weight is 414 g/mol. The number of anilines is 2. The second kappa shape index (κ2) is 7.63. The number of nitrogens with zero attached hydrogens (tertiary/aromatic N) is 3. The number of benzene rings is 2. The predicted octanol–water partition coefficient (Wildman–Crippen LogP) is 3.30. The SMILES string of the molecule is COc1cc([C@@H]2[C@H](C(=O)Nc3ccc(Cl)cc3)[C@@H](C)Nc3ncnn32)ccc1O. The standard InChI is InChI=1S/C20H20ClN5O3/c1-11-17(19(28)25-14-6-4-13(21)5-7-14)18(26-20(24-11)22-10-23-26)12-3-8-15(27)16(9-12)29-2/h3-11,17-18,27H,1-2H3,(H,25,28)(H,22,23,24)/t11-,17-,18-/m1/s1. The van der Waals surface area contributed by atoms with Gasteiger partial charge >= 0.3 is 0 Å². The van der Waals surface area contributed by atoms with Crippen LogP contribution in [-0.4, -0.2) is 38.9 Å². The van der Waals surface area contributed by atoms with E-state index in [2.05, 4.69) is 20.7 Å². The van der Waals surface area contributed by atoms with Crippen molar-refractivity contribution in [2.24, 2.45) is 5.92 Å². The molecular weight excluding hydrogens is 394 g/mol. The van der Waals surface area contributed by atoms with Crippen LogP contribution < -0.4 is 15.4 Å². The first-order valence-electron chi connectivity index (χ1n) is 9.07. The quantitative estimate of drug-likeness (QED) is 0.606. The lowest BCUT2D eigenvalue weighted by Crippen LogP contribution is -2.46. The van der Waals surface area contributed by atoms with Gasteiger partial charge in [0.15, 0.2) is 11.5 Å². The number of hydrogen-bond acceptors (Lipinski definition) is 6. The minimum atomic E-state index is -0.505. The van der Waals surface area contributed by atoms with Crippen LogP contribution in [-0.2, 0) is 4.79 Å². The normalized spacial score (nSPS) is 20.4. The van der Waals surface area contributed by atoms with Gasteiger partial charge in [0.1, 0.15) is 6.33 Å². The summed E-state index contributed by atoms with van der Waals surface area (Å²) in [7, 11) is 1.48. The van der Waals surface area contributed by atoms with Gasteiger partial charge in [0.2, 0.25) is 11.9 Å². The highest BCUT2D eigenvalue weighted by Crippen LogP contribution is 2.39. The number of rotatable bonds is 4. The fourth-order valence-corrected chi connectivity index (χ4v) is 3.76. The summed E-state index contributed by atoms with van der Waals surface area (Å²) < 4.78 is 6.93. The molecule has 0 spiro atoms. The molecule has 3 aromatic rings. The van der Waals surface area contributed by atoms with Gasteiger partial charge < -0.3 is 20.5 Å². The number of aromatic hydroxyl groups is 1. The zero-order valence-corrected chi connectivity index (χ0v) is 16.6. The number of nitrogens with one attached hydrogen (secondary N) is 2. The summed E-state index contributed by atoms with van der Waals surface area (Å²) in [5.41, 5.74) is 1.43. The molecule has 0 unspecified atom stereocenters. The maximum absolute atomic E-state index is 13.3. The summed E-state index contributed by atoms with van der Waals surface area (Å²) in [6.45, 7) is 1.93. The van der Waals surface area contributed by atoms with E-state index in [0.29, 0.717) is 22.4 Å². The molecule has 8 nitrogen and oxygen atoms in total. The van der Waals surface area contributed by atoms with Crippen molar-refractivity contribution in [3.05, 3.63) is 59.4 Å². The van der Waals surface area contributed by atoms with Crippen LogP contribution in [0.4, 0.5) is 11.6 Å². The first-order chi connectivity index (χ1) is 14.0. The van der Waals surface area contributed by atoms with Gasteiger partial charge in [0.05, 0.1) is 19.1 Å². The molecule has 0 radical (unpaired) electrons. The van der Waals surface area contributed by atoms with Gasteiger partial charge in [-0.3, -0.25) is 4.79 Å². The van der Waals surface area contributed by atoms with Crippen molar-refractivity contribution in [2.75, 3.05) is 17.7 Å². The molecule has 0 bridgehead atoms. The van der Waals surface area contributed by atoms with Gasteiger partial charge in [-0.15, -0.1) is 0 Å². The van der Waals surface area contributed by atoms with Crippen molar-refractivity contribution in [1.82, 2.24) is 14.8 Å². The number of halogens is 1. The van der Waals surface area contributed by atoms with E-state index in [9.17, 15) is 9.90 Å². The van der Waals surface area contributed by atoms with Crippen LogP contribution in [0.25, 0.3) is 0 Å². The summed E-state index contributed by atoms with van der Waals surface area (Å²) in [5.74, 6) is 0.246. The number of phenols is 1. The average Bonchev–Trinajstić information content (AvgIpc) is 3.17. The largest absolute Gasteiger partial charge is 0.504 e. The Morgan fingerprint density at radius 1 is 1.28 bits per heavy atom. The van der Waals surface area contributed by atoms with E-state index in [1.807, 2.05) is 6.92 Å². The van der Waals surface area contributed by atoms with Crippen LogP contribution in [0.1, 0.15) is 18.5 Å². The predicted molar refractivity (Wildman–Crippen MR) is 109 cm³/mol. The molecule has 1 aliphatic heterocycles. The van der Waals surface area contributed by atoms with Crippen LogP contribution in [0, 0.1) is 5.92 Å². The van der Waals surface area contributed by atoms with E-state index >= 15 is 0 Å². The van der Waals surface area contributed by atoms with Crippen LogP contribution in [0.3, 0.4) is 0 Å². The summed E-state index contributed by atoms with van der Waals surface area (Å²) in [6.07, 6.45) is 1.44. The molecule has 1 aromatic heterocycles. The van der Waals surface area contributed by atoms with Crippen molar-refractivity contribution >= 4 is 29.1 Å². The second-order valence-corrected chi connectivity index (χ2v) is 7.30. The van der Waals surface area contributed by atoms with Gasteiger partial charge in [-0.1, -0.05) is 17.7 Å². The topological polar surface area (TPSA) is 101 Å². The van der Waals surface area contributed by atoms with Crippen LogP contribution in [0.2, 0.25) is 5.02 Å². The molecule has 1 amide bonds. The fraction of sp³-hybridized carbons (Fsp3) is 0.250. The van der Waals surface area contributed by atoms with Crippen LogP contribution >= 0.6 is 11.6 Å². The monoisotopic (exact) mass is 413 g/mol. The molecule has 0 fully saturated rings. The van der Waals surface area contributed by atoms with E-state index < -0.39 is 12.0 Å². The van der Waals surface area contributed by atoms with Crippen molar-refractivity contribution in [1.29, 1.82) is 0 Å². The number of hydrogen-bond donors (Lipinski definition) is 3. The van der Waals surface area contributed by atoms with Crippen LogP contribution in [0.5, 0.6) is 11.5 Å². The molecule has 29 heavy (non-hydrogen) atoms. The fourth-order valence-electron chi connectivity index (χ4n) is 3.63. The van der Waals surface area contributed by atoms with E-state index in [1.165, 1.54) is 13.4 Å². The van der Waals surface area contributed by atoms with Gasteiger partial charge in [0, 0.05) is 16.8 Å². The molecule has 3 atom stereocenters. The molecule has 2 aromatic carbocycles. The molecule has 1 aliphatic rings. The molecule has 4 rings (SSSR count). The van der Waals surface area contributed by atoms with E-state index in [-0.39, 0.29) is 17.7 Å². The lowest BCUT2D eigenvalue weighted by atomic mass is 9.85. The Hall–Kier alpha value is -3.26. The number of amides is 1. The third kappa shape index (κ3) is 3.58. The highest BCUT2D eigenvalue weighted by molar-refractivity contribution is 6.30. The molecule has 150 valence electrons. The van der Waals surface area contributed by atoms with Crippen molar-refractivity contribution in [3.63, 3.8) is 0 Å². The van der Waals surface area contributed by atoms with Crippen molar-refractivity contribution in [3.8, 4) is 11.5 Å². The van der Waals surface area contributed by atoms with Gasteiger partial charge in [-0.25, -0.2) is 4.68 Å². The van der Waals surface area contributed by atoms with Gasteiger partial charge in [0.25, 0.3) is 0 Å². The molecular formula is C20H20ClN5O3. The lowest BCUT2D eigenvalue weighted by molar-refractivity contribution is -0.121. The number of fused-ring (bicyclic) bond motifs is 1. The minimum Gasteiger partial charge on any atom is -0.504 e. The number of ether oxygens (including phenoxy) is 1. The summed E-state index contributed by atoms with van der Waals surface area (Å²) in [5, 5.41) is 21.1. The van der Waals surface area contributed by atoms with Crippen molar-refractivity contribution < 1.29 is 14.6 Å². The second-order valence-electron chi connectivity index (χ2n) is 6.86. The third-order valence-corrected chi connectivity index (χ3v) is 5.28. The Morgan fingerprint density at radius 3 is 2.76 bits per heavy atom. The highest BCUT2D eigenvalue weighted by atomic mass is 35.5. The molecule has 9 heteroatoms. The Kier molecular flexibility index (Phi) is 5.02. The summed E-state index contributed by atoms with van der Waals surface area (Å²) in [4.78, 5) is 17.5. The minimum absolute atomic E-state index is 0.0270. The summed E-state index contributed by atoms with van der Waals surface area (Å²) >= 11 is 5.93. The molecule has 0 aliphatic carbocycles. The molecule has 0 saturated heterocycles. The zero-order chi connectivity index (χ0) is 20.5. The van der Waals surface area contributed by atoms with E-state index in [0.717, 1.165) is 5.56 Å². The Balaban J connectivity index is 1.74. The molecule has 3 N–H and O–H groups in total. The highest BCUT2D eigenvalue weighted by Gasteiger charge is 2.41. The Morgan fingerprint density at radius 2 is 2.03 bits per heavy atom. The molecule has 0 saturated carbocycles. The maximum Gasteiger partial charge on any atom is 0.232 e. The van der Waals surface area contributed by atoms with E-state index in [4.69, 9.17) is 16.3 Å². The molecule has 2 heterocycles. The number of carbonyl (C=O) groups excluding carboxylic acids is 1. The third-order valence-electron chi connectivity index (χ3n) is 5.03. The van der Waals surface area contributed by atoms with Crippen molar-refractivity contribution in [2.45, 2.75) is 19.0 Å².